The van der Waals surface area contributed by atoms with Crippen LogP contribution in [-0.2, 0) is 25.4 Å². The molecule has 0 unspecified atom stereocenters. The highest BCUT2D eigenvalue weighted by Crippen LogP contribution is 2.19. The molecule has 0 aromatic heterocycles. The highest BCUT2D eigenvalue weighted by molar-refractivity contribution is 5.79. The summed E-state index contributed by atoms with van der Waals surface area (Å²) in [6.45, 7) is 2.98. The van der Waals surface area contributed by atoms with Crippen molar-refractivity contribution in [3.05, 3.63) is 35.4 Å². The van der Waals surface area contributed by atoms with Crippen molar-refractivity contribution >= 4 is 5.91 Å². The summed E-state index contributed by atoms with van der Waals surface area (Å²) in [5.41, 5.74) is 2.18. The first kappa shape index (κ1) is 16.9. The molecule has 0 N–H and O–H groups in total. The van der Waals surface area contributed by atoms with Crippen LogP contribution in [0.2, 0.25) is 0 Å². The van der Waals surface area contributed by atoms with E-state index >= 15 is 0 Å². The molecule has 5 nitrogen and oxygen atoms in total. The molecule has 122 valence electrons. The van der Waals surface area contributed by atoms with Gasteiger partial charge in [-0.05, 0) is 12.5 Å². The van der Waals surface area contributed by atoms with Crippen LogP contribution in [0.5, 0.6) is 0 Å². The van der Waals surface area contributed by atoms with Crippen LogP contribution in [0.4, 0.5) is 0 Å². The molecule has 1 saturated heterocycles. The van der Waals surface area contributed by atoms with Crippen LogP contribution in [0, 0.1) is 6.92 Å². The third-order valence-corrected chi connectivity index (χ3v) is 4.22. The van der Waals surface area contributed by atoms with Crippen molar-refractivity contribution in [3.63, 3.8) is 0 Å². The third kappa shape index (κ3) is 3.85. The van der Waals surface area contributed by atoms with Crippen molar-refractivity contribution in [2.24, 2.45) is 0 Å². The average Bonchev–Trinajstić information content (AvgIpc) is 2.53. The minimum absolute atomic E-state index is 0.0537. The summed E-state index contributed by atoms with van der Waals surface area (Å²) in [6, 6.07) is 7.87. The first-order valence-corrected chi connectivity index (χ1v) is 7.51. The van der Waals surface area contributed by atoms with E-state index in [0.29, 0.717) is 19.6 Å². The van der Waals surface area contributed by atoms with Gasteiger partial charge in [0.1, 0.15) is 12.2 Å². The number of aryl methyl sites for hydroxylation is 1. The predicted molar refractivity (Wildman–Crippen MR) is 83.9 cm³/mol. The Bertz CT molecular complexity index is 505. The van der Waals surface area contributed by atoms with Crippen LogP contribution >= 0.6 is 0 Å². The minimum Gasteiger partial charge on any atom is -0.376 e. The van der Waals surface area contributed by atoms with Crippen molar-refractivity contribution in [1.29, 1.82) is 0 Å². The zero-order chi connectivity index (χ0) is 16.1. The van der Waals surface area contributed by atoms with E-state index in [1.807, 2.05) is 31.2 Å². The van der Waals surface area contributed by atoms with Gasteiger partial charge in [-0.1, -0.05) is 29.8 Å². The van der Waals surface area contributed by atoms with Gasteiger partial charge in [0.2, 0.25) is 5.91 Å². The van der Waals surface area contributed by atoms with Crippen LogP contribution in [0.25, 0.3) is 0 Å². The number of carbonyl (C=O) groups excluding carboxylic acids is 1. The van der Waals surface area contributed by atoms with E-state index in [1.165, 1.54) is 0 Å². The Morgan fingerprint density at radius 1 is 1.32 bits per heavy atom. The topological polar surface area (TPSA) is 48.0 Å². The lowest BCUT2D eigenvalue weighted by Crippen LogP contribution is -2.57. The largest absolute Gasteiger partial charge is 0.376 e. The second-order valence-electron chi connectivity index (χ2n) is 5.75. The fourth-order valence-electron chi connectivity index (χ4n) is 2.89. The molecular weight excluding hydrogens is 282 g/mol. The van der Waals surface area contributed by atoms with Crippen LogP contribution < -0.4 is 0 Å². The molecule has 1 amide bonds. The molecule has 0 aliphatic carbocycles. The van der Waals surface area contributed by atoms with Gasteiger partial charge in [0.25, 0.3) is 0 Å². The zero-order valence-corrected chi connectivity index (χ0v) is 13.7. The normalized spacial score (nSPS) is 25.0. The van der Waals surface area contributed by atoms with Crippen molar-refractivity contribution in [1.82, 2.24) is 4.90 Å². The van der Waals surface area contributed by atoms with Gasteiger partial charge in [-0.25, -0.2) is 0 Å². The number of likely N-dealkylation sites (N-methyl/N-ethyl adjacent to an activating group) is 1. The van der Waals surface area contributed by atoms with Crippen molar-refractivity contribution in [2.75, 3.05) is 34.5 Å². The number of hydrogen-bond donors (Lipinski definition) is 0. The number of carbonyl (C=O) groups is 1. The number of hydrogen-bond acceptors (Lipinski definition) is 4. The van der Waals surface area contributed by atoms with Crippen LogP contribution in [0.1, 0.15) is 11.1 Å². The Balaban J connectivity index is 2.05. The molecule has 2 rings (SSSR count). The quantitative estimate of drug-likeness (QED) is 0.825. The van der Waals surface area contributed by atoms with Crippen molar-refractivity contribution in [3.8, 4) is 0 Å². The minimum atomic E-state index is -0.176. The van der Waals surface area contributed by atoms with Gasteiger partial charge in [-0.2, -0.15) is 0 Å². The molecular formula is C17H25NO4. The van der Waals surface area contributed by atoms with Gasteiger partial charge >= 0.3 is 0 Å². The van der Waals surface area contributed by atoms with Gasteiger partial charge in [0.05, 0.1) is 25.7 Å². The van der Waals surface area contributed by atoms with Crippen molar-refractivity contribution in [2.45, 2.75) is 31.6 Å². The summed E-state index contributed by atoms with van der Waals surface area (Å²) < 4.78 is 16.5. The molecule has 22 heavy (non-hydrogen) atoms. The van der Waals surface area contributed by atoms with Crippen LogP contribution in [-0.4, -0.2) is 63.5 Å². The maximum absolute atomic E-state index is 12.6. The van der Waals surface area contributed by atoms with E-state index < -0.39 is 0 Å². The summed E-state index contributed by atoms with van der Waals surface area (Å²) in [4.78, 5) is 14.3. The maximum atomic E-state index is 12.6. The van der Waals surface area contributed by atoms with Gasteiger partial charge in [-0.15, -0.1) is 0 Å². The zero-order valence-electron chi connectivity index (χ0n) is 13.7. The van der Waals surface area contributed by atoms with E-state index in [0.717, 1.165) is 11.1 Å². The highest BCUT2D eigenvalue weighted by Gasteiger charge is 2.38. The molecule has 1 heterocycles. The van der Waals surface area contributed by atoms with Gasteiger partial charge < -0.3 is 19.1 Å². The Labute approximate surface area is 132 Å². The van der Waals surface area contributed by atoms with Gasteiger partial charge in [0.15, 0.2) is 0 Å². The maximum Gasteiger partial charge on any atom is 0.227 e. The van der Waals surface area contributed by atoms with E-state index in [4.69, 9.17) is 14.2 Å². The highest BCUT2D eigenvalue weighted by atomic mass is 16.6. The predicted octanol–water partition coefficient (Wildman–Crippen LogP) is 1.42. The molecule has 1 aliphatic heterocycles. The smallest absolute Gasteiger partial charge is 0.227 e. The fourth-order valence-corrected chi connectivity index (χ4v) is 2.89. The monoisotopic (exact) mass is 307 g/mol. The second-order valence-corrected chi connectivity index (χ2v) is 5.75. The summed E-state index contributed by atoms with van der Waals surface area (Å²) in [6.07, 6.45) is 0.0474. The molecule has 0 spiro atoms. The molecule has 0 saturated carbocycles. The molecule has 1 aliphatic rings. The summed E-state index contributed by atoms with van der Waals surface area (Å²) in [5, 5.41) is 0. The van der Waals surface area contributed by atoms with E-state index in [9.17, 15) is 4.79 Å². The molecule has 0 radical (unpaired) electrons. The van der Waals surface area contributed by atoms with Crippen LogP contribution in [0.15, 0.2) is 24.3 Å². The summed E-state index contributed by atoms with van der Waals surface area (Å²) in [5.74, 6) is 0.0537. The average molecular weight is 307 g/mol. The van der Waals surface area contributed by atoms with E-state index in [1.54, 1.807) is 26.2 Å². The molecule has 5 heteroatoms. The molecule has 1 aromatic carbocycles. The number of amides is 1. The van der Waals surface area contributed by atoms with E-state index in [2.05, 4.69) is 0 Å². The molecule has 0 bridgehead atoms. The Hall–Kier alpha value is -1.43. The lowest BCUT2D eigenvalue weighted by atomic mass is 10.0. The number of rotatable bonds is 5. The summed E-state index contributed by atoms with van der Waals surface area (Å²) in [7, 11) is 5.08. The molecule has 3 atom stereocenters. The molecule has 1 aromatic rings. The number of ether oxygens (including phenoxy) is 3. The Kier molecular flexibility index (Phi) is 5.94. The number of methoxy groups -OCH3 is 2. The lowest BCUT2D eigenvalue weighted by Gasteiger charge is -2.40. The van der Waals surface area contributed by atoms with Crippen LogP contribution in [0.3, 0.4) is 0 Å². The first-order valence-electron chi connectivity index (χ1n) is 7.51. The SMILES string of the molecule is CO[C@H]1[C@H](N(C)C(=O)Cc2cccc(C)c2)COC[C@H]1OC. The van der Waals surface area contributed by atoms with Gasteiger partial charge in [0, 0.05) is 21.3 Å². The van der Waals surface area contributed by atoms with E-state index in [-0.39, 0.29) is 24.2 Å². The Morgan fingerprint density at radius 3 is 2.73 bits per heavy atom. The standard InChI is InChI=1S/C17H25NO4/c1-12-6-5-7-13(8-12)9-16(19)18(2)14-10-22-11-15(20-3)17(14)21-4/h5-8,14-15,17H,9-11H2,1-4H3/t14-,15-,17+/m1/s1. The number of nitrogens with zero attached hydrogens (tertiary/aromatic N) is 1. The van der Waals surface area contributed by atoms with Gasteiger partial charge in [-0.3, -0.25) is 4.79 Å². The third-order valence-electron chi connectivity index (χ3n) is 4.22. The fraction of sp³-hybridized carbons (Fsp3) is 0.588. The van der Waals surface area contributed by atoms with Crippen molar-refractivity contribution < 1.29 is 19.0 Å². The first-order chi connectivity index (χ1) is 10.6. The number of benzene rings is 1. The molecule has 1 fully saturated rings. The Morgan fingerprint density at radius 2 is 2.09 bits per heavy atom. The lowest BCUT2D eigenvalue weighted by molar-refractivity contribution is -0.164. The second kappa shape index (κ2) is 7.72. The summed E-state index contributed by atoms with van der Waals surface area (Å²) >= 11 is 0.